The van der Waals surface area contributed by atoms with Crippen molar-refractivity contribution in [3.05, 3.63) is 64.9 Å². The van der Waals surface area contributed by atoms with Crippen LogP contribution in [0.5, 0.6) is 0 Å². The van der Waals surface area contributed by atoms with E-state index in [1.807, 2.05) is 30.3 Å². The van der Waals surface area contributed by atoms with Crippen molar-refractivity contribution in [2.45, 2.75) is 13.0 Å². The fraction of sp³-hybridized carbons (Fsp3) is 0.350. The molecule has 1 aliphatic heterocycles. The zero-order chi connectivity index (χ0) is 18.4. The van der Waals surface area contributed by atoms with E-state index >= 15 is 0 Å². The van der Waals surface area contributed by atoms with Crippen LogP contribution in [-0.4, -0.2) is 48.4 Å². The third-order valence-corrected chi connectivity index (χ3v) is 4.98. The molecule has 1 aliphatic rings. The molecule has 138 valence electrons. The molecule has 1 fully saturated rings. The van der Waals surface area contributed by atoms with Gasteiger partial charge in [0.1, 0.15) is 5.82 Å². The van der Waals surface area contributed by atoms with E-state index in [0.717, 1.165) is 38.4 Å². The lowest BCUT2D eigenvalue weighted by molar-refractivity contribution is -0.116. The smallest absolute Gasteiger partial charge is 0.225 e. The fourth-order valence-corrected chi connectivity index (χ4v) is 3.31. The number of piperazine rings is 1. The molecule has 1 amide bonds. The Morgan fingerprint density at radius 2 is 1.69 bits per heavy atom. The second kappa shape index (κ2) is 9.12. The summed E-state index contributed by atoms with van der Waals surface area (Å²) in [7, 11) is 0. The largest absolute Gasteiger partial charge is 0.326 e. The quantitative estimate of drug-likeness (QED) is 0.837. The van der Waals surface area contributed by atoms with Crippen molar-refractivity contribution in [3.63, 3.8) is 0 Å². The first-order valence-corrected chi connectivity index (χ1v) is 9.22. The predicted molar refractivity (Wildman–Crippen MR) is 103 cm³/mol. The standard InChI is InChI=1S/C20H23ClFN3O/c21-18-7-4-8-19(22)17(18)15-25-13-11-24(12-14-25)10-9-20(26)23-16-5-2-1-3-6-16/h1-8H,9-15H2,(H,23,26). The minimum absolute atomic E-state index is 0.0248. The average molecular weight is 376 g/mol. The number of carbonyl (C=O) groups excluding carboxylic acids is 1. The predicted octanol–water partition coefficient (Wildman–Crippen LogP) is 3.63. The molecule has 2 aromatic carbocycles. The van der Waals surface area contributed by atoms with Gasteiger partial charge in [-0.25, -0.2) is 4.39 Å². The van der Waals surface area contributed by atoms with Crippen LogP contribution in [0.2, 0.25) is 5.02 Å². The van der Waals surface area contributed by atoms with E-state index in [1.165, 1.54) is 6.07 Å². The van der Waals surface area contributed by atoms with Gasteiger partial charge < -0.3 is 10.2 Å². The third kappa shape index (κ3) is 5.27. The van der Waals surface area contributed by atoms with E-state index in [9.17, 15) is 9.18 Å². The minimum Gasteiger partial charge on any atom is -0.326 e. The Morgan fingerprint density at radius 3 is 2.38 bits per heavy atom. The number of anilines is 1. The van der Waals surface area contributed by atoms with E-state index in [-0.39, 0.29) is 11.7 Å². The van der Waals surface area contributed by atoms with Crippen LogP contribution in [0.3, 0.4) is 0 Å². The van der Waals surface area contributed by atoms with Gasteiger partial charge in [0, 0.05) is 62.0 Å². The maximum atomic E-state index is 13.9. The van der Waals surface area contributed by atoms with Gasteiger partial charge in [-0.1, -0.05) is 35.9 Å². The first-order chi connectivity index (χ1) is 12.6. The molecule has 3 rings (SSSR count). The number of nitrogens with one attached hydrogen (secondary N) is 1. The first-order valence-electron chi connectivity index (χ1n) is 8.84. The number of benzene rings is 2. The van der Waals surface area contributed by atoms with E-state index < -0.39 is 0 Å². The molecule has 0 radical (unpaired) electrons. The molecule has 6 heteroatoms. The van der Waals surface area contributed by atoms with Crippen LogP contribution in [0, 0.1) is 5.82 Å². The Labute approximate surface area is 158 Å². The van der Waals surface area contributed by atoms with Gasteiger partial charge in [-0.15, -0.1) is 0 Å². The molecule has 1 saturated heterocycles. The normalized spacial score (nSPS) is 15.8. The van der Waals surface area contributed by atoms with Crippen LogP contribution in [-0.2, 0) is 11.3 Å². The fourth-order valence-electron chi connectivity index (χ4n) is 3.08. The molecule has 0 bridgehead atoms. The van der Waals surface area contributed by atoms with E-state index in [0.29, 0.717) is 23.6 Å². The summed E-state index contributed by atoms with van der Waals surface area (Å²) in [6, 6.07) is 14.3. The Kier molecular flexibility index (Phi) is 6.61. The molecule has 1 N–H and O–H groups in total. The maximum absolute atomic E-state index is 13.9. The van der Waals surface area contributed by atoms with Crippen molar-refractivity contribution in [2.75, 3.05) is 38.0 Å². The molecule has 26 heavy (non-hydrogen) atoms. The van der Waals surface area contributed by atoms with Gasteiger partial charge >= 0.3 is 0 Å². The van der Waals surface area contributed by atoms with Crippen molar-refractivity contribution in [1.29, 1.82) is 0 Å². The molecule has 4 nitrogen and oxygen atoms in total. The number of amides is 1. The summed E-state index contributed by atoms with van der Waals surface area (Å²) in [5.41, 5.74) is 1.38. The Morgan fingerprint density at radius 1 is 1.00 bits per heavy atom. The summed E-state index contributed by atoms with van der Waals surface area (Å²) < 4.78 is 13.9. The molecule has 0 saturated carbocycles. The second-order valence-corrected chi connectivity index (χ2v) is 6.89. The van der Waals surface area contributed by atoms with Crippen LogP contribution in [0.1, 0.15) is 12.0 Å². The van der Waals surface area contributed by atoms with Gasteiger partial charge in [-0.2, -0.15) is 0 Å². The Hall–Kier alpha value is -1.95. The molecule has 1 heterocycles. The van der Waals surface area contributed by atoms with Gasteiger partial charge in [0.15, 0.2) is 0 Å². The van der Waals surface area contributed by atoms with E-state index in [2.05, 4.69) is 15.1 Å². The highest BCUT2D eigenvalue weighted by Gasteiger charge is 2.19. The topological polar surface area (TPSA) is 35.6 Å². The van der Waals surface area contributed by atoms with Crippen LogP contribution in [0.25, 0.3) is 0 Å². The van der Waals surface area contributed by atoms with Crippen molar-refractivity contribution >= 4 is 23.2 Å². The van der Waals surface area contributed by atoms with E-state index in [4.69, 9.17) is 11.6 Å². The number of hydrogen-bond acceptors (Lipinski definition) is 3. The highest BCUT2D eigenvalue weighted by atomic mass is 35.5. The van der Waals surface area contributed by atoms with Gasteiger partial charge in [-0.05, 0) is 24.3 Å². The zero-order valence-corrected chi connectivity index (χ0v) is 15.4. The minimum atomic E-state index is -0.252. The van der Waals surface area contributed by atoms with Gasteiger partial charge in [-0.3, -0.25) is 9.69 Å². The Balaban J connectivity index is 1.40. The number of hydrogen-bond donors (Lipinski definition) is 1. The van der Waals surface area contributed by atoms with Crippen LogP contribution in [0.15, 0.2) is 48.5 Å². The SMILES string of the molecule is O=C(CCN1CCN(Cc2c(F)cccc2Cl)CC1)Nc1ccccc1. The van der Waals surface area contributed by atoms with Crippen molar-refractivity contribution < 1.29 is 9.18 Å². The molecule has 0 aliphatic carbocycles. The van der Waals surface area contributed by atoms with Gasteiger partial charge in [0.25, 0.3) is 0 Å². The number of para-hydroxylation sites is 1. The number of nitrogens with zero attached hydrogens (tertiary/aromatic N) is 2. The monoisotopic (exact) mass is 375 g/mol. The lowest BCUT2D eigenvalue weighted by Gasteiger charge is -2.34. The summed E-state index contributed by atoms with van der Waals surface area (Å²) in [4.78, 5) is 16.5. The molecule has 0 aromatic heterocycles. The number of halogens is 2. The van der Waals surface area contributed by atoms with E-state index in [1.54, 1.807) is 12.1 Å². The lowest BCUT2D eigenvalue weighted by Crippen LogP contribution is -2.46. The second-order valence-electron chi connectivity index (χ2n) is 6.48. The highest BCUT2D eigenvalue weighted by Crippen LogP contribution is 2.21. The van der Waals surface area contributed by atoms with Crippen molar-refractivity contribution in [1.82, 2.24) is 9.80 Å². The van der Waals surface area contributed by atoms with Crippen LogP contribution >= 0.6 is 11.6 Å². The van der Waals surface area contributed by atoms with Crippen molar-refractivity contribution in [2.24, 2.45) is 0 Å². The number of rotatable bonds is 6. The third-order valence-electron chi connectivity index (χ3n) is 4.62. The highest BCUT2D eigenvalue weighted by molar-refractivity contribution is 6.31. The van der Waals surface area contributed by atoms with Crippen molar-refractivity contribution in [3.8, 4) is 0 Å². The zero-order valence-electron chi connectivity index (χ0n) is 14.6. The molecular weight excluding hydrogens is 353 g/mol. The van der Waals surface area contributed by atoms with Crippen LogP contribution < -0.4 is 5.32 Å². The molecule has 0 atom stereocenters. The lowest BCUT2D eigenvalue weighted by atomic mass is 10.1. The maximum Gasteiger partial charge on any atom is 0.225 e. The molecule has 0 unspecified atom stereocenters. The average Bonchev–Trinajstić information content (AvgIpc) is 2.65. The number of carbonyl (C=O) groups is 1. The van der Waals surface area contributed by atoms with Gasteiger partial charge in [0.2, 0.25) is 5.91 Å². The molecular formula is C20H23ClFN3O. The molecule has 0 spiro atoms. The summed E-state index contributed by atoms with van der Waals surface area (Å²) in [5, 5.41) is 3.38. The van der Waals surface area contributed by atoms with Gasteiger partial charge in [0.05, 0.1) is 0 Å². The van der Waals surface area contributed by atoms with Crippen LogP contribution in [0.4, 0.5) is 10.1 Å². The summed E-state index contributed by atoms with van der Waals surface area (Å²) in [6.07, 6.45) is 0.466. The summed E-state index contributed by atoms with van der Waals surface area (Å²) >= 11 is 6.11. The first kappa shape index (κ1) is 18.8. The summed E-state index contributed by atoms with van der Waals surface area (Å²) in [5.74, 6) is -0.228. The summed E-state index contributed by atoms with van der Waals surface area (Å²) in [6.45, 7) is 4.66. The molecule has 2 aromatic rings. The Bertz CT molecular complexity index is 713.